The Kier molecular flexibility index (Phi) is 4.83. The summed E-state index contributed by atoms with van der Waals surface area (Å²) in [6, 6.07) is 1.93. The molecule has 0 aliphatic heterocycles. The van der Waals surface area contributed by atoms with E-state index in [0.717, 1.165) is 12.1 Å². The van der Waals surface area contributed by atoms with Crippen molar-refractivity contribution in [3.05, 3.63) is 18.0 Å². The van der Waals surface area contributed by atoms with Gasteiger partial charge in [0.05, 0.1) is 5.69 Å². The number of aliphatic hydroxyl groups excluding tert-OH is 1. The fourth-order valence-electron chi connectivity index (χ4n) is 1.25. The zero-order valence-electron chi connectivity index (χ0n) is 8.94. The predicted molar refractivity (Wildman–Crippen MR) is 56.2 cm³/mol. The lowest BCUT2D eigenvalue weighted by Gasteiger charge is -2.02. The van der Waals surface area contributed by atoms with Gasteiger partial charge in [-0.25, -0.2) is 0 Å². The Balaban J connectivity index is 2.13. The number of amides is 1. The molecule has 5 heteroatoms. The number of aryl methyl sites for hydroxylation is 1. The van der Waals surface area contributed by atoms with Crippen molar-refractivity contribution in [2.45, 2.75) is 19.3 Å². The molecule has 1 heterocycles. The zero-order chi connectivity index (χ0) is 11.1. The number of rotatable bonds is 6. The van der Waals surface area contributed by atoms with Crippen molar-refractivity contribution in [3.8, 4) is 0 Å². The molecule has 0 aromatic carbocycles. The quantitative estimate of drug-likeness (QED) is 0.687. The van der Waals surface area contributed by atoms with Crippen molar-refractivity contribution < 1.29 is 9.90 Å². The summed E-state index contributed by atoms with van der Waals surface area (Å²) in [5.74, 6) is -0.0139. The first-order valence-corrected chi connectivity index (χ1v) is 5.08. The van der Waals surface area contributed by atoms with Crippen LogP contribution < -0.4 is 5.32 Å². The maximum absolute atomic E-state index is 11.1. The van der Waals surface area contributed by atoms with Crippen molar-refractivity contribution in [2.75, 3.05) is 13.2 Å². The molecule has 0 radical (unpaired) electrons. The molecule has 84 valence electrons. The second kappa shape index (κ2) is 6.19. The van der Waals surface area contributed by atoms with Gasteiger partial charge < -0.3 is 10.4 Å². The van der Waals surface area contributed by atoms with Gasteiger partial charge >= 0.3 is 0 Å². The Morgan fingerprint density at radius 3 is 3.07 bits per heavy atom. The van der Waals surface area contributed by atoms with E-state index >= 15 is 0 Å². The highest BCUT2D eigenvalue weighted by Gasteiger charge is 2.01. The second-order valence-corrected chi connectivity index (χ2v) is 3.41. The summed E-state index contributed by atoms with van der Waals surface area (Å²) in [5.41, 5.74) is 0.972. The van der Waals surface area contributed by atoms with Gasteiger partial charge in [0.1, 0.15) is 0 Å². The van der Waals surface area contributed by atoms with Gasteiger partial charge in [-0.3, -0.25) is 9.48 Å². The number of nitrogens with zero attached hydrogens (tertiary/aromatic N) is 2. The second-order valence-electron chi connectivity index (χ2n) is 3.41. The maximum Gasteiger partial charge on any atom is 0.220 e. The molecule has 0 saturated carbocycles. The highest BCUT2D eigenvalue weighted by molar-refractivity contribution is 5.75. The highest BCUT2D eigenvalue weighted by atomic mass is 16.3. The van der Waals surface area contributed by atoms with Gasteiger partial charge in [-0.2, -0.15) is 5.10 Å². The van der Waals surface area contributed by atoms with E-state index in [1.165, 1.54) is 0 Å². The van der Waals surface area contributed by atoms with E-state index in [2.05, 4.69) is 10.4 Å². The third-order valence-corrected chi connectivity index (χ3v) is 2.03. The molecule has 0 spiro atoms. The third kappa shape index (κ3) is 4.60. The van der Waals surface area contributed by atoms with Crippen LogP contribution in [0.2, 0.25) is 0 Å². The van der Waals surface area contributed by atoms with Crippen molar-refractivity contribution in [1.29, 1.82) is 0 Å². The van der Waals surface area contributed by atoms with Gasteiger partial charge in [0.15, 0.2) is 0 Å². The van der Waals surface area contributed by atoms with Crippen molar-refractivity contribution >= 4 is 5.91 Å². The molecule has 0 saturated heterocycles. The lowest BCUT2D eigenvalue weighted by atomic mass is 10.3. The highest BCUT2D eigenvalue weighted by Crippen LogP contribution is 1.94. The molecule has 0 aliphatic rings. The van der Waals surface area contributed by atoms with Gasteiger partial charge in [-0.15, -0.1) is 0 Å². The molecular weight excluding hydrogens is 194 g/mol. The summed E-state index contributed by atoms with van der Waals surface area (Å²) in [6.07, 6.45) is 3.53. The lowest BCUT2D eigenvalue weighted by molar-refractivity contribution is -0.121. The van der Waals surface area contributed by atoms with Crippen LogP contribution in [-0.2, 0) is 18.3 Å². The first-order valence-electron chi connectivity index (χ1n) is 5.08. The molecular formula is C10H17N3O2. The molecule has 15 heavy (non-hydrogen) atoms. The fraction of sp³-hybridized carbons (Fsp3) is 0.600. The Morgan fingerprint density at radius 1 is 1.67 bits per heavy atom. The van der Waals surface area contributed by atoms with Crippen LogP contribution >= 0.6 is 0 Å². The number of nitrogens with one attached hydrogen (secondary N) is 1. The molecule has 1 aromatic heterocycles. The van der Waals surface area contributed by atoms with E-state index in [0.29, 0.717) is 19.4 Å². The summed E-state index contributed by atoms with van der Waals surface area (Å²) in [6.45, 7) is 0.662. The van der Waals surface area contributed by atoms with Crippen molar-refractivity contribution in [3.63, 3.8) is 0 Å². The number of hydrogen-bond acceptors (Lipinski definition) is 3. The molecule has 1 rings (SSSR count). The Labute approximate surface area is 89.1 Å². The number of carbonyl (C=O) groups excluding carboxylic acids is 1. The Morgan fingerprint density at radius 2 is 2.47 bits per heavy atom. The number of aliphatic hydroxyl groups is 1. The minimum absolute atomic E-state index is 0.0139. The number of carbonyl (C=O) groups is 1. The largest absolute Gasteiger partial charge is 0.396 e. The average Bonchev–Trinajstić information content (AvgIpc) is 2.61. The first kappa shape index (κ1) is 11.7. The van der Waals surface area contributed by atoms with Gasteiger partial charge in [0.25, 0.3) is 0 Å². The molecule has 2 N–H and O–H groups in total. The molecule has 0 aliphatic carbocycles. The summed E-state index contributed by atoms with van der Waals surface area (Å²) >= 11 is 0. The molecule has 0 fully saturated rings. The van der Waals surface area contributed by atoms with Crippen molar-refractivity contribution in [2.24, 2.45) is 7.05 Å². The normalized spacial score (nSPS) is 10.3. The van der Waals surface area contributed by atoms with Crippen LogP contribution in [-0.4, -0.2) is 33.9 Å². The molecule has 0 atom stereocenters. The minimum atomic E-state index is -0.0139. The molecule has 0 bridgehead atoms. The van der Waals surface area contributed by atoms with Crippen LogP contribution in [0, 0.1) is 0 Å². The fourth-order valence-corrected chi connectivity index (χ4v) is 1.25. The lowest BCUT2D eigenvalue weighted by Crippen LogP contribution is -2.25. The molecule has 0 unspecified atom stereocenters. The van der Waals surface area contributed by atoms with Crippen molar-refractivity contribution in [1.82, 2.24) is 15.1 Å². The standard InChI is InChI=1S/C10H17N3O2/c1-13-7-5-9(12-13)4-6-11-10(15)3-2-8-14/h5,7,14H,2-4,6,8H2,1H3,(H,11,15). The van der Waals surface area contributed by atoms with Crippen LogP contribution in [0.25, 0.3) is 0 Å². The van der Waals surface area contributed by atoms with Gasteiger partial charge in [-0.05, 0) is 12.5 Å². The Bertz CT molecular complexity index is 309. The van der Waals surface area contributed by atoms with Gasteiger partial charge in [0.2, 0.25) is 5.91 Å². The van der Waals surface area contributed by atoms with E-state index in [9.17, 15) is 4.79 Å². The first-order chi connectivity index (χ1) is 7.22. The molecule has 1 amide bonds. The van der Waals surface area contributed by atoms with E-state index in [-0.39, 0.29) is 12.5 Å². The van der Waals surface area contributed by atoms with Crippen LogP contribution in [0.4, 0.5) is 0 Å². The summed E-state index contributed by atoms with van der Waals surface area (Å²) in [5, 5.41) is 15.5. The number of hydrogen-bond donors (Lipinski definition) is 2. The van der Waals surface area contributed by atoms with Crippen LogP contribution in [0.5, 0.6) is 0 Å². The maximum atomic E-state index is 11.1. The average molecular weight is 211 g/mol. The van der Waals surface area contributed by atoms with E-state index in [1.807, 2.05) is 19.3 Å². The van der Waals surface area contributed by atoms with Gasteiger partial charge in [0, 0.05) is 39.2 Å². The van der Waals surface area contributed by atoms with E-state index < -0.39 is 0 Å². The summed E-state index contributed by atoms with van der Waals surface area (Å²) in [4.78, 5) is 11.1. The smallest absolute Gasteiger partial charge is 0.220 e. The summed E-state index contributed by atoms with van der Waals surface area (Å²) in [7, 11) is 1.86. The molecule has 1 aromatic rings. The van der Waals surface area contributed by atoms with Crippen LogP contribution in [0.1, 0.15) is 18.5 Å². The zero-order valence-corrected chi connectivity index (χ0v) is 8.94. The van der Waals surface area contributed by atoms with Crippen LogP contribution in [0.15, 0.2) is 12.3 Å². The molecule has 5 nitrogen and oxygen atoms in total. The van der Waals surface area contributed by atoms with Crippen LogP contribution in [0.3, 0.4) is 0 Å². The monoisotopic (exact) mass is 211 g/mol. The number of aromatic nitrogens is 2. The summed E-state index contributed by atoms with van der Waals surface area (Å²) < 4.78 is 1.74. The predicted octanol–water partition coefficient (Wildman–Crippen LogP) is -0.149. The third-order valence-electron chi connectivity index (χ3n) is 2.03. The van der Waals surface area contributed by atoms with E-state index in [4.69, 9.17) is 5.11 Å². The topological polar surface area (TPSA) is 67.2 Å². The SMILES string of the molecule is Cn1ccc(CCNC(=O)CCCO)n1. The van der Waals surface area contributed by atoms with E-state index in [1.54, 1.807) is 4.68 Å². The minimum Gasteiger partial charge on any atom is -0.396 e. The van der Waals surface area contributed by atoms with Gasteiger partial charge in [-0.1, -0.05) is 0 Å². The Hall–Kier alpha value is -1.36.